The van der Waals surface area contributed by atoms with Crippen molar-refractivity contribution in [1.29, 1.82) is 0 Å². The zero-order valence-corrected chi connectivity index (χ0v) is 7.17. The molecule has 5 nitrogen and oxygen atoms in total. The minimum Gasteiger partial charge on any atom is -0.258 e. The molecule has 68 valence electrons. The van der Waals surface area contributed by atoms with Crippen molar-refractivity contribution >= 4 is 11.4 Å². The van der Waals surface area contributed by atoms with E-state index in [0.29, 0.717) is 12.2 Å². The highest BCUT2D eigenvalue weighted by Gasteiger charge is 2.02. The summed E-state index contributed by atoms with van der Waals surface area (Å²) >= 11 is 0. The van der Waals surface area contributed by atoms with Crippen molar-refractivity contribution in [3.63, 3.8) is 0 Å². The minimum absolute atomic E-state index is 0.0652. The van der Waals surface area contributed by atoms with Crippen LogP contribution < -0.4 is 0 Å². The molecular weight excluding hydrogens is 170 g/mol. The van der Waals surface area contributed by atoms with E-state index >= 15 is 0 Å². The van der Waals surface area contributed by atoms with Crippen LogP contribution in [-0.2, 0) is 0 Å². The maximum Gasteiger partial charge on any atom is 0.269 e. The fourth-order valence-electron chi connectivity index (χ4n) is 0.793. The fraction of sp³-hybridized carbons (Fsp3) is 0.250. The van der Waals surface area contributed by atoms with Gasteiger partial charge in [0.05, 0.1) is 17.2 Å². The molecule has 0 saturated heterocycles. The zero-order chi connectivity index (χ0) is 9.68. The molecule has 0 aliphatic rings. The van der Waals surface area contributed by atoms with Crippen molar-refractivity contribution in [1.82, 2.24) is 0 Å². The van der Waals surface area contributed by atoms with Gasteiger partial charge in [-0.15, -0.1) is 0 Å². The largest absolute Gasteiger partial charge is 0.269 e. The van der Waals surface area contributed by atoms with E-state index in [1.807, 2.05) is 6.92 Å². The Morgan fingerprint density at radius 3 is 2.46 bits per heavy atom. The summed E-state index contributed by atoms with van der Waals surface area (Å²) in [4.78, 5) is 9.83. The van der Waals surface area contributed by atoms with E-state index in [2.05, 4.69) is 10.2 Å². The molecule has 0 aliphatic heterocycles. The smallest absolute Gasteiger partial charge is 0.258 e. The second-order valence-corrected chi connectivity index (χ2v) is 2.33. The van der Waals surface area contributed by atoms with Gasteiger partial charge in [-0.1, -0.05) is 0 Å². The van der Waals surface area contributed by atoms with Gasteiger partial charge < -0.3 is 0 Å². The maximum atomic E-state index is 10.3. The monoisotopic (exact) mass is 179 g/mol. The predicted molar refractivity (Wildman–Crippen MR) is 48.2 cm³/mol. The summed E-state index contributed by atoms with van der Waals surface area (Å²) in [6.07, 6.45) is 0. The summed E-state index contributed by atoms with van der Waals surface area (Å²) in [5.41, 5.74) is 0.697. The first kappa shape index (κ1) is 9.31. The summed E-state index contributed by atoms with van der Waals surface area (Å²) < 4.78 is 0. The Labute approximate surface area is 75.3 Å². The van der Waals surface area contributed by atoms with Crippen LogP contribution in [0.4, 0.5) is 11.4 Å². The van der Waals surface area contributed by atoms with Gasteiger partial charge in [0.1, 0.15) is 0 Å². The second-order valence-electron chi connectivity index (χ2n) is 2.33. The van der Waals surface area contributed by atoms with E-state index in [-0.39, 0.29) is 5.69 Å². The van der Waals surface area contributed by atoms with Gasteiger partial charge in [0.15, 0.2) is 0 Å². The SMILES string of the molecule is CCN=Nc1ccc([N+](=O)[O-])cc1. The number of nitro benzene ring substituents is 1. The van der Waals surface area contributed by atoms with Gasteiger partial charge in [-0.3, -0.25) is 10.1 Å². The topological polar surface area (TPSA) is 67.9 Å². The van der Waals surface area contributed by atoms with Gasteiger partial charge >= 0.3 is 0 Å². The number of non-ortho nitro benzene ring substituents is 1. The van der Waals surface area contributed by atoms with Crippen molar-refractivity contribution in [2.24, 2.45) is 10.2 Å². The van der Waals surface area contributed by atoms with E-state index in [4.69, 9.17) is 0 Å². The highest BCUT2D eigenvalue weighted by atomic mass is 16.6. The van der Waals surface area contributed by atoms with Crippen molar-refractivity contribution in [3.8, 4) is 0 Å². The van der Waals surface area contributed by atoms with Crippen LogP contribution in [0, 0.1) is 10.1 Å². The molecule has 0 unspecified atom stereocenters. The molecule has 13 heavy (non-hydrogen) atoms. The quantitative estimate of drug-likeness (QED) is 0.406. The molecule has 5 heteroatoms. The average molecular weight is 179 g/mol. The average Bonchev–Trinajstić information content (AvgIpc) is 2.15. The molecule has 0 bridgehead atoms. The molecule has 0 atom stereocenters. The lowest BCUT2D eigenvalue weighted by Gasteiger charge is -1.91. The number of hydrogen-bond acceptors (Lipinski definition) is 4. The minimum atomic E-state index is -0.444. The van der Waals surface area contributed by atoms with Crippen LogP contribution in [0.1, 0.15) is 6.92 Å². The van der Waals surface area contributed by atoms with Crippen LogP contribution in [0.3, 0.4) is 0 Å². The lowest BCUT2D eigenvalue weighted by Crippen LogP contribution is -1.85. The first-order chi connectivity index (χ1) is 6.24. The van der Waals surface area contributed by atoms with Crippen LogP contribution in [0.2, 0.25) is 0 Å². The van der Waals surface area contributed by atoms with Crippen LogP contribution >= 0.6 is 0 Å². The van der Waals surface area contributed by atoms with Crippen LogP contribution in [0.15, 0.2) is 34.5 Å². The van der Waals surface area contributed by atoms with Gasteiger partial charge in [0, 0.05) is 12.1 Å². The molecule has 1 aromatic carbocycles. The van der Waals surface area contributed by atoms with E-state index in [1.54, 1.807) is 12.1 Å². The molecule has 0 spiro atoms. The number of hydrogen-bond donors (Lipinski definition) is 0. The Morgan fingerprint density at radius 2 is 2.00 bits per heavy atom. The van der Waals surface area contributed by atoms with Crippen molar-refractivity contribution in [3.05, 3.63) is 34.4 Å². The third kappa shape index (κ3) is 2.62. The molecular formula is C8H9N3O2. The number of azo groups is 1. The molecule has 0 heterocycles. The normalized spacial score (nSPS) is 10.5. The van der Waals surface area contributed by atoms with Crippen molar-refractivity contribution in [2.75, 3.05) is 6.54 Å². The Bertz CT molecular complexity index is 319. The molecule has 1 aromatic rings. The van der Waals surface area contributed by atoms with E-state index in [0.717, 1.165) is 0 Å². The zero-order valence-electron chi connectivity index (χ0n) is 7.17. The lowest BCUT2D eigenvalue weighted by atomic mass is 10.3. The Morgan fingerprint density at radius 1 is 1.38 bits per heavy atom. The number of rotatable bonds is 3. The Kier molecular flexibility index (Phi) is 3.08. The van der Waals surface area contributed by atoms with Crippen molar-refractivity contribution < 1.29 is 4.92 Å². The standard InChI is InChI=1S/C8H9N3O2/c1-2-9-10-7-3-5-8(6-4-7)11(12)13/h3-6H,2H2,1H3. The molecule has 0 saturated carbocycles. The van der Waals surface area contributed by atoms with E-state index in [9.17, 15) is 10.1 Å². The summed E-state index contributed by atoms with van der Waals surface area (Å²) in [5.74, 6) is 0. The first-order valence-electron chi connectivity index (χ1n) is 3.86. The Balaban J connectivity index is 2.81. The first-order valence-corrected chi connectivity index (χ1v) is 3.86. The van der Waals surface area contributed by atoms with Gasteiger partial charge in [0.25, 0.3) is 5.69 Å². The molecule has 0 N–H and O–H groups in total. The highest BCUT2D eigenvalue weighted by Crippen LogP contribution is 2.17. The molecule has 0 aromatic heterocycles. The molecule has 0 amide bonds. The van der Waals surface area contributed by atoms with Crippen LogP contribution in [0.5, 0.6) is 0 Å². The predicted octanol–water partition coefficient (Wildman–Crippen LogP) is 2.70. The van der Waals surface area contributed by atoms with E-state index < -0.39 is 4.92 Å². The summed E-state index contributed by atoms with van der Waals surface area (Å²) in [6, 6.07) is 5.95. The van der Waals surface area contributed by atoms with Crippen LogP contribution in [-0.4, -0.2) is 11.5 Å². The van der Waals surface area contributed by atoms with Gasteiger partial charge in [0.2, 0.25) is 0 Å². The molecule has 0 radical (unpaired) electrons. The molecule has 0 fully saturated rings. The lowest BCUT2D eigenvalue weighted by molar-refractivity contribution is -0.384. The van der Waals surface area contributed by atoms with Crippen LogP contribution in [0.25, 0.3) is 0 Å². The number of nitrogens with zero attached hydrogens (tertiary/aromatic N) is 3. The third-order valence-corrected chi connectivity index (χ3v) is 1.39. The van der Waals surface area contributed by atoms with Gasteiger partial charge in [-0.2, -0.15) is 10.2 Å². The maximum absolute atomic E-state index is 10.3. The highest BCUT2D eigenvalue weighted by molar-refractivity contribution is 5.43. The van der Waals surface area contributed by atoms with E-state index in [1.165, 1.54) is 12.1 Å². The summed E-state index contributed by atoms with van der Waals surface area (Å²) in [7, 11) is 0. The number of nitro groups is 1. The Hall–Kier alpha value is -1.78. The molecule has 1 rings (SSSR count). The summed E-state index contributed by atoms with van der Waals surface area (Å²) in [5, 5.41) is 17.9. The second kappa shape index (κ2) is 4.30. The molecule has 0 aliphatic carbocycles. The summed E-state index contributed by atoms with van der Waals surface area (Å²) in [6.45, 7) is 2.48. The fourth-order valence-corrected chi connectivity index (χ4v) is 0.793. The third-order valence-electron chi connectivity index (χ3n) is 1.39. The van der Waals surface area contributed by atoms with Gasteiger partial charge in [-0.25, -0.2) is 0 Å². The number of benzene rings is 1. The van der Waals surface area contributed by atoms with Gasteiger partial charge in [-0.05, 0) is 19.1 Å². The van der Waals surface area contributed by atoms with Crippen molar-refractivity contribution in [2.45, 2.75) is 6.92 Å².